The van der Waals surface area contributed by atoms with Crippen molar-refractivity contribution in [2.75, 3.05) is 19.8 Å². The Bertz CT molecular complexity index is 420. The van der Waals surface area contributed by atoms with Gasteiger partial charge in [-0.15, -0.1) is 0 Å². The van der Waals surface area contributed by atoms with Crippen LogP contribution in [0.5, 0.6) is 5.75 Å². The summed E-state index contributed by atoms with van der Waals surface area (Å²) in [6.07, 6.45) is 2.32. The van der Waals surface area contributed by atoms with E-state index in [-0.39, 0.29) is 0 Å². The molecule has 1 aromatic carbocycles. The van der Waals surface area contributed by atoms with Gasteiger partial charge in [-0.1, -0.05) is 15.9 Å². The molecule has 1 unspecified atom stereocenters. The number of hydrogen-bond acceptors (Lipinski definition) is 3. The van der Waals surface area contributed by atoms with Crippen LogP contribution < -0.4 is 10.1 Å². The summed E-state index contributed by atoms with van der Waals surface area (Å²) in [5.74, 6) is 0.926. The van der Waals surface area contributed by atoms with E-state index in [1.165, 1.54) is 6.42 Å². The minimum Gasteiger partial charge on any atom is -0.492 e. The zero-order valence-electron chi connectivity index (χ0n) is 11.0. The highest BCUT2D eigenvalue weighted by atomic mass is 79.9. The lowest BCUT2D eigenvalue weighted by molar-refractivity contribution is 0.0698. The van der Waals surface area contributed by atoms with Crippen molar-refractivity contribution in [1.82, 2.24) is 5.32 Å². The first-order chi connectivity index (χ1) is 9.20. The molecule has 0 aromatic heterocycles. The Hall–Kier alpha value is -0.100. The highest BCUT2D eigenvalue weighted by Gasteiger charge is 2.15. The molecule has 2 rings (SSSR count). The molecular weight excluding hydrogens is 374 g/mol. The van der Waals surface area contributed by atoms with Gasteiger partial charge in [0.2, 0.25) is 0 Å². The third-order valence-electron chi connectivity index (χ3n) is 3.12. The molecule has 0 saturated carbocycles. The van der Waals surface area contributed by atoms with Gasteiger partial charge in [-0.2, -0.15) is 0 Å². The first-order valence-corrected chi connectivity index (χ1v) is 8.21. The lowest BCUT2D eigenvalue weighted by atomic mass is 10.1. The van der Waals surface area contributed by atoms with Gasteiger partial charge in [0, 0.05) is 29.2 Å². The Morgan fingerprint density at radius 2 is 2.26 bits per heavy atom. The van der Waals surface area contributed by atoms with Crippen LogP contribution >= 0.6 is 31.9 Å². The third-order valence-corrected chi connectivity index (χ3v) is 4.16. The number of ether oxygens (including phenoxy) is 2. The summed E-state index contributed by atoms with van der Waals surface area (Å²) in [4.78, 5) is 0. The number of halogens is 2. The van der Waals surface area contributed by atoms with Gasteiger partial charge in [-0.3, -0.25) is 0 Å². The fraction of sp³-hybridized carbons (Fsp3) is 0.571. The SMILES string of the molecule is CCOc1c(Br)cc(Br)cc1CNC1CCCOC1. The van der Waals surface area contributed by atoms with Crippen LogP contribution in [0.25, 0.3) is 0 Å². The molecule has 1 aliphatic heterocycles. The number of nitrogens with one attached hydrogen (secondary N) is 1. The van der Waals surface area contributed by atoms with Gasteiger partial charge < -0.3 is 14.8 Å². The van der Waals surface area contributed by atoms with E-state index < -0.39 is 0 Å². The average molecular weight is 393 g/mol. The maximum absolute atomic E-state index is 5.72. The largest absolute Gasteiger partial charge is 0.492 e. The Balaban J connectivity index is 2.04. The fourth-order valence-corrected chi connectivity index (χ4v) is 3.64. The van der Waals surface area contributed by atoms with Crippen molar-refractivity contribution in [2.45, 2.75) is 32.4 Å². The molecular formula is C14H19Br2NO2. The number of rotatable bonds is 5. The van der Waals surface area contributed by atoms with E-state index in [1.807, 2.05) is 13.0 Å². The van der Waals surface area contributed by atoms with E-state index in [4.69, 9.17) is 9.47 Å². The Morgan fingerprint density at radius 3 is 2.95 bits per heavy atom. The number of hydrogen-bond donors (Lipinski definition) is 1. The second-order valence-corrected chi connectivity index (χ2v) is 6.37. The molecule has 0 spiro atoms. The fourth-order valence-electron chi connectivity index (χ4n) is 2.21. The zero-order chi connectivity index (χ0) is 13.7. The van der Waals surface area contributed by atoms with E-state index in [0.717, 1.165) is 46.4 Å². The molecule has 1 heterocycles. The second kappa shape index (κ2) is 7.62. The zero-order valence-corrected chi connectivity index (χ0v) is 14.2. The first kappa shape index (κ1) is 15.3. The molecule has 1 aliphatic rings. The molecule has 19 heavy (non-hydrogen) atoms. The lowest BCUT2D eigenvalue weighted by Crippen LogP contribution is -2.36. The summed E-state index contributed by atoms with van der Waals surface area (Å²) in [6.45, 7) is 5.16. The van der Waals surface area contributed by atoms with Crippen LogP contribution in [-0.4, -0.2) is 25.9 Å². The van der Waals surface area contributed by atoms with Crippen LogP contribution in [-0.2, 0) is 11.3 Å². The normalized spacial score (nSPS) is 19.4. The van der Waals surface area contributed by atoms with Gasteiger partial charge in [-0.25, -0.2) is 0 Å². The maximum Gasteiger partial charge on any atom is 0.138 e. The molecule has 1 N–H and O–H groups in total. The van der Waals surface area contributed by atoms with E-state index in [2.05, 4.69) is 43.2 Å². The summed E-state index contributed by atoms with van der Waals surface area (Å²) >= 11 is 7.08. The molecule has 0 amide bonds. The monoisotopic (exact) mass is 391 g/mol. The van der Waals surface area contributed by atoms with Crippen LogP contribution in [0.2, 0.25) is 0 Å². The standard InChI is InChI=1S/C14H19Br2NO2/c1-2-19-14-10(6-11(15)7-13(14)16)8-17-12-4-3-5-18-9-12/h6-7,12,17H,2-5,8-9H2,1H3. The molecule has 1 fully saturated rings. The van der Waals surface area contributed by atoms with Crippen molar-refractivity contribution >= 4 is 31.9 Å². The van der Waals surface area contributed by atoms with Crippen molar-refractivity contribution in [3.8, 4) is 5.75 Å². The third kappa shape index (κ3) is 4.45. The number of benzene rings is 1. The summed E-state index contributed by atoms with van der Waals surface area (Å²) in [6, 6.07) is 4.56. The quantitative estimate of drug-likeness (QED) is 0.824. The molecule has 3 nitrogen and oxygen atoms in total. The average Bonchev–Trinajstić information content (AvgIpc) is 2.41. The molecule has 0 aliphatic carbocycles. The minimum atomic E-state index is 0.445. The van der Waals surface area contributed by atoms with Gasteiger partial charge in [0.05, 0.1) is 17.7 Å². The lowest BCUT2D eigenvalue weighted by Gasteiger charge is -2.24. The van der Waals surface area contributed by atoms with Crippen molar-refractivity contribution in [2.24, 2.45) is 0 Å². The van der Waals surface area contributed by atoms with E-state index in [1.54, 1.807) is 0 Å². The Morgan fingerprint density at radius 1 is 1.42 bits per heavy atom. The predicted molar refractivity (Wildman–Crippen MR) is 83.7 cm³/mol. The van der Waals surface area contributed by atoms with Gasteiger partial charge in [-0.05, 0) is 47.8 Å². The van der Waals surface area contributed by atoms with Crippen molar-refractivity contribution in [1.29, 1.82) is 0 Å². The van der Waals surface area contributed by atoms with E-state index >= 15 is 0 Å². The topological polar surface area (TPSA) is 30.5 Å². The molecule has 1 atom stereocenters. The second-order valence-electron chi connectivity index (χ2n) is 4.60. The van der Waals surface area contributed by atoms with E-state index in [9.17, 15) is 0 Å². The van der Waals surface area contributed by atoms with Crippen LogP contribution in [0, 0.1) is 0 Å². The highest BCUT2D eigenvalue weighted by molar-refractivity contribution is 9.11. The van der Waals surface area contributed by atoms with Gasteiger partial charge in [0.1, 0.15) is 5.75 Å². The van der Waals surface area contributed by atoms with Crippen molar-refractivity contribution in [3.05, 3.63) is 26.6 Å². The van der Waals surface area contributed by atoms with Crippen LogP contribution in [0.3, 0.4) is 0 Å². The van der Waals surface area contributed by atoms with Gasteiger partial charge >= 0.3 is 0 Å². The Kier molecular flexibility index (Phi) is 6.13. The highest BCUT2D eigenvalue weighted by Crippen LogP contribution is 2.33. The summed E-state index contributed by atoms with van der Waals surface area (Å²) in [5, 5.41) is 3.54. The van der Waals surface area contributed by atoms with E-state index in [0.29, 0.717) is 12.6 Å². The van der Waals surface area contributed by atoms with Crippen LogP contribution in [0.1, 0.15) is 25.3 Å². The van der Waals surface area contributed by atoms with Crippen LogP contribution in [0.4, 0.5) is 0 Å². The predicted octanol–water partition coefficient (Wildman–Crippen LogP) is 3.88. The summed E-state index contributed by atoms with van der Waals surface area (Å²) in [7, 11) is 0. The van der Waals surface area contributed by atoms with Crippen LogP contribution in [0.15, 0.2) is 21.1 Å². The molecule has 1 saturated heterocycles. The minimum absolute atomic E-state index is 0.445. The molecule has 0 bridgehead atoms. The van der Waals surface area contributed by atoms with Crippen molar-refractivity contribution < 1.29 is 9.47 Å². The molecule has 5 heteroatoms. The summed E-state index contributed by atoms with van der Waals surface area (Å²) in [5.41, 5.74) is 1.16. The first-order valence-electron chi connectivity index (χ1n) is 6.62. The maximum atomic E-state index is 5.72. The summed E-state index contributed by atoms with van der Waals surface area (Å²) < 4.78 is 13.2. The smallest absolute Gasteiger partial charge is 0.138 e. The van der Waals surface area contributed by atoms with Gasteiger partial charge in [0.15, 0.2) is 0 Å². The molecule has 106 valence electrons. The Labute approximate surface area is 131 Å². The van der Waals surface area contributed by atoms with Crippen molar-refractivity contribution in [3.63, 3.8) is 0 Å². The molecule has 1 aromatic rings. The molecule has 0 radical (unpaired) electrons. The van der Waals surface area contributed by atoms with Gasteiger partial charge in [0.25, 0.3) is 0 Å².